The van der Waals surface area contributed by atoms with E-state index in [1.165, 1.54) is 11.0 Å². The quantitative estimate of drug-likeness (QED) is 0.711. The van der Waals surface area contributed by atoms with E-state index in [0.29, 0.717) is 36.0 Å². The molecule has 2 N–H and O–H groups in total. The Bertz CT molecular complexity index is 819. The summed E-state index contributed by atoms with van der Waals surface area (Å²) in [5.74, 6) is -0.411. The molecule has 1 saturated heterocycles. The number of carbonyl (C=O) groups is 1. The number of nitrogens with zero attached hydrogens (tertiary/aromatic N) is 2. The number of ether oxygens (including phenoxy) is 1. The first-order valence-electron chi connectivity index (χ1n) is 8.68. The molecule has 1 atom stereocenters. The standard InChI is InChI=1S/C19H21FN4O2S/c1-13(27)23-11-16-12-24(19(25)26-16)15-2-3-18(17(20)10-15)22-9-6-14-4-7-21-8-5-14/h2-5,7-8,10,16,22H,6,9,11-12H2,1H3,(H,23,27). The summed E-state index contributed by atoms with van der Waals surface area (Å²) in [5.41, 5.74) is 1.99. The molecule has 0 radical (unpaired) electrons. The zero-order valence-electron chi connectivity index (χ0n) is 14.9. The minimum absolute atomic E-state index is 0.323. The maximum atomic E-state index is 14.4. The van der Waals surface area contributed by atoms with Gasteiger partial charge in [-0.25, -0.2) is 9.18 Å². The highest BCUT2D eigenvalue weighted by atomic mass is 32.1. The Labute approximate surface area is 162 Å². The van der Waals surface area contributed by atoms with Crippen LogP contribution in [-0.4, -0.2) is 41.8 Å². The summed E-state index contributed by atoms with van der Waals surface area (Å²) in [7, 11) is 0. The van der Waals surface area contributed by atoms with Crippen LogP contribution in [0.1, 0.15) is 12.5 Å². The number of rotatable bonds is 7. The molecular formula is C19H21FN4O2S. The molecule has 2 heterocycles. The summed E-state index contributed by atoms with van der Waals surface area (Å²) >= 11 is 4.96. The number of carbonyl (C=O) groups excluding carboxylic acids is 1. The summed E-state index contributed by atoms with van der Waals surface area (Å²) < 4.78 is 19.7. The van der Waals surface area contributed by atoms with Crippen molar-refractivity contribution in [2.24, 2.45) is 0 Å². The van der Waals surface area contributed by atoms with Crippen molar-refractivity contribution in [3.63, 3.8) is 0 Å². The largest absolute Gasteiger partial charge is 0.442 e. The molecule has 1 aromatic heterocycles. The zero-order valence-corrected chi connectivity index (χ0v) is 15.8. The van der Waals surface area contributed by atoms with E-state index in [1.807, 2.05) is 12.1 Å². The lowest BCUT2D eigenvalue weighted by atomic mass is 10.2. The number of pyridine rings is 1. The second-order valence-corrected chi connectivity index (χ2v) is 6.86. The molecule has 1 aliphatic rings. The van der Waals surface area contributed by atoms with Gasteiger partial charge in [0.1, 0.15) is 11.9 Å². The Morgan fingerprint density at radius 2 is 2.15 bits per heavy atom. The van der Waals surface area contributed by atoms with E-state index in [0.717, 1.165) is 12.0 Å². The second kappa shape index (κ2) is 8.77. The van der Waals surface area contributed by atoms with Crippen LogP contribution in [0.4, 0.5) is 20.6 Å². The molecule has 0 saturated carbocycles. The average molecular weight is 388 g/mol. The minimum atomic E-state index is -0.485. The van der Waals surface area contributed by atoms with Gasteiger partial charge < -0.3 is 15.4 Å². The van der Waals surface area contributed by atoms with E-state index in [-0.39, 0.29) is 6.10 Å². The van der Waals surface area contributed by atoms with Crippen molar-refractivity contribution in [3.05, 3.63) is 54.1 Å². The molecule has 1 aliphatic heterocycles. The van der Waals surface area contributed by atoms with Gasteiger partial charge in [-0.05, 0) is 49.2 Å². The lowest BCUT2D eigenvalue weighted by Crippen LogP contribution is -2.32. The lowest BCUT2D eigenvalue weighted by molar-refractivity contribution is 0.143. The summed E-state index contributed by atoms with van der Waals surface area (Å²) in [6.45, 7) is 3.15. The first kappa shape index (κ1) is 19.0. The maximum absolute atomic E-state index is 14.4. The van der Waals surface area contributed by atoms with Gasteiger partial charge >= 0.3 is 6.09 Å². The number of benzene rings is 1. The third kappa shape index (κ3) is 5.13. The number of cyclic esters (lactones) is 1. The van der Waals surface area contributed by atoms with Crippen LogP contribution in [0.5, 0.6) is 0 Å². The fraction of sp³-hybridized carbons (Fsp3) is 0.316. The van der Waals surface area contributed by atoms with Crippen molar-refractivity contribution in [2.45, 2.75) is 19.4 Å². The van der Waals surface area contributed by atoms with Gasteiger partial charge in [0.2, 0.25) is 0 Å². The van der Waals surface area contributed by atoms with Crippen LogP contribution >= 0.6 is 12.2 Å². The van der Waals surface area contributed by atoms with Gasteiger partial charge in [-0.15, -0.1) is 0 Å². The van der Waals surface area contributed by atoms with Gasteiger partial charge in [0, 0.05) is 18.9 Å². The third-order valence-corrected chi connectivity index (χ3v) is 4.34. The number of hydrogen-bond acceptors (Lipinski definition) is 5. The molecule has 0 bridgehead atoms. The molecule has 142 valence electrons. The van der Waals surface area contributed by atoms with E-state index in [2.05, 4.69) is 15.6 Å². The smallest absolute Gasteiger partial charge is 0.414 e. The highest BCUT2D eigenvalue weighted by molar-refractivity contribution is 7.80. The molecule has 2 aromatic rings. The number of aromatic nitrogens is 1. The predicted octanol–water partition coefficient (Wildman–Crippen LogP) is 3.14. The Kier molecular flexibility index (Phi) is 6.18. The van der Waals surface area contributed by atoms with Crippen molar-refractivity contribution in [1.82, 2.24) is 10.3 Å². The van der Waals surface area contributed by atoms with Gasteiger partial charge in [0.15, 0.2) is 0 Å². The molecular weight excluding hydrogens is 367 g/mol. The monoisotopic (exact) mass is 388 g/mol. The molecule has 1 fully saturated rings. The van der Waals surface area contributed by atoms with Crippen molar-refractivity contribution in [2.75, 3.05) is 29.9 Å². The lowest BCUT2D eigenvalue weighted by Gasteiger charge is -2.15. The van der Waals surface area contributed by atoms with Crippen LogP contribution in [0.3, 0.4) is 0 Å². The third-order valence-electron chi connectivity index (χ3n) is 4.20. The van der Waals surface area contributed by atoms with Gasteiger partial charge in [-0.3, -0.25) is 9.88 Å². The Balaban J connectivity index is 1.57. The van der Waals surface area contributed by atoms with Crippen LogP contribution in [0.25, 0.3) is 0 Å². The number of nitrogens with one attached hydrogen (secondary N) is 2. The number of halogens is 1. The van der Waals surface area contributed by atoms with Gasteiger partial charge in [-0.2, -0.15) is 0 Å². The van der Waals surface area contributed by atoms with E-state index in [9.17, 15) is 9.18 Å². The molecule has 1 unspecified atom stereocenters. The Morgan fingerprint density at radius 1 is 1.37 bits per heavy atom. The predicted molar refractivity (Wildman–Crippen MR) is 107 cm³/mol. The van der Waals surface area contributed by atoms with Gasteiger partial charge in [-0.1, -0.05) is 12.2 Å². The highest BCUT2D eigenvalue weighted by Crippen LogP contribution is 2.26. The minimum Gasteiger partial charge on any atom is -0.442 e. The molecule has 1 amide bonds. The first-order valence-corrected chi connectivity index (χ1v) is 9.08. The van der Waals surface area contributed by atoms with Gasteiger partial charge in [0.25, 0.3) is 0 Å². The number of hydrogen-bond donors (Lipinski definition) is 2. The normalized spacial score (nSPS) is 16.1. The summed E-state index contributed by atoms with van der Waals surface area (Å²) in [6, 6.07) is 8.54. The van der Waals surface area contributed by atoms with Crippen molar-refractivity contribution in [1.29, 1.82) is 0 Å². The Hall–Kier alpha value is -2.74. The average Bonchev–Trinajstić information content (AvgIpc) is 3.03. The van der Waals surface area contributed by atoms with Crippen LogP contribution in [0.15, 0.2) is 42.7 Å². The van der Waals surface area contributed by atoms with Crippen molar-refractivity contribution in [3.8, 4) is 0 Å². The van der Waals surface area contributed by atoms with Gasteiger partial charge in [0.05, 0.1) is 29.5 Å². The second-order valence-electron chi connectivity index (χ2n) is 6.25. The number of thiocarbonyl (C=S) groups is 1. The van der Waals surface area contributed by atoms with E-state index < -0.39 is 11.9 Å². The molecule has 6 nitrogen and oxygen atoms in total. The fourth-order valence-electron chi connectivity index (χ4n) is 2.80. The topological polar surface area (TPSA) is 66.5 Å². The fourth-order valence-corrected chi connectivity index (χ4v) is 2.89. The maximum Gasteiger partial charge on any atom is 0.414 e. The zero-order chi connectivity index (χ0) is 19.2. The summed E-state index contributed by atoms with van der Waals surface area (Å²) in [5, 5.41) is 6.05. The van der Waals surface area contributed by atoms with Crippen molar-refractivity contribution < 1.29 is 13.9 Å². The first-order chi connectivity index (χ1) is 13.0. The molecule has 8 heteroatoms. The molecule has 0 aliphatic carbocycles. The van der Waals surface area contributed by atoms with Crippen LogP contribution in [-0.2, 0) is 11.2 Å². The molecule has 0 spiro atoms. The SMILES string of the molecule is CC(=S)NCC1CN(c2ccc(NCCc3ccncc3)c(F)c2)C(=O)O1. The van der Waals surface area contributed by atoms with E-state index in [1.54, 1.807) is 31.5 Å². The van der Waals surface area contributed by atoms with E-state index >= 15 is 0 Å². The molecule has 1 aromatic carbocycles. The summed E-state index contributed by atoms with van der Waals surface area (Å²) in [6.07, 6.45) is 3.42. The number of anilines is 2. The van der Waals surface area contributed by atoms with Crippen LogP contribution in [0, 0.1) is 5.82 Å². The summed E-state index contributed by atoms with van der Waals surface area (Å²) in [4.78, 5) is 18.1. The Morgan fingerprint density at radius 3 is 2.85 bits per heavy atom. The van der Waals surface area contributed by atoms with Crippen LogP contribution in [0.2, 0.25) is 0 Å². The van der Waals surface area contributed by atoms with Crippen LogP contribution < -0.4 is 15.5 Å². The highest BCUT2D eigenvalue weighted by Gasteiger charge is 2.32. The molecule has 27 heavy (non-hydrogen) atoms. The van der Waals surface area contributed by atoms with Crippen molar-refractivity contribution >= 4 is 34.7 Å². The molecule has 3 rings (SSSR count). The van der Waals surface area contributed by atoms with E-state index in [4.69, 9.17) is 17.0 Å². The number of amides is 1.